The van der Waals surface area contributed by atoms with Crippen LogP contribution >= 0.6 is 0 Å². The van der Waals surface area contributed by atoms with E-state index in [4.69, 9.17) is 9.98 Å². The van der Waals surface area contributed by atoms with Gasteiger partial charge < -0.3 is 0 Å². The lowest BCUT2D eigenvalue weighted by molar-refractivity contribution is 0.882. The summed E-state index contributed by atoms with van der Waals surface area (Å²) in [6, 6.07) is 52.5. The minimum atomic E-state index is 0.167. The molecule has 0 aliphatic rings. The first-order valence-electron chi connectivity index (χ1n) is 18.7. The topological polar surface area (TPSA) is 24.7 Å². The zero-order chi connectivity index (χ0) is 36.8. The minimum absolute atomic E-state index is 0.167. The second-order valence-electron chi connectivity index (χ2n) is 14.5. The van der Waals surface area contributed by atoms with Gasteiger partial charge in [-0.25, -0.2) is 0 Å². The van der Waals surface area contributed by atoms with Crippen molar-refractivity contribution in [3.05, 3.63) is 201 Å². The van der Waals surface area contributed by atoms with Crippen LogP contribution in [0.5, 0.6) is 0 Å². The van der Waals surface area contributed by atoms with Gasteiger partial charge in [0.05, 0.1) is 22.8 Å². The van der Waals surface area contributed by atoms with E-state index in [1.54, 1.807) is 0 Å². The second kappa shape index (κ2) is 16.3. The summed E-state index contributed by atoms with van der Waals surface area (Å²) in [6.45, 7) is 17.9. The van der Waals surface area contributed by atoms with E-state index < -0.39 is 0 Å². The molecule has 0 aromatic heterocycles. The summed E-state index contributed by atoms with van der Waals surface area (Å²) in [5, 5.41) is 0. The van der Waals surface area contributed by atoms with Gasteiger partial charge in [0.2, 0.25) is 0 Å². The number of hydrogen-bond donors (Lipinski definition) is 0. The first-order valence-corrected chi connectivity index (χ1v) is 18.7. The standard InChI is InChI=1S/C50H52N2/c1-33-29-45(35(3)41-21-13-9-14-22-41)49(46(30-33)36(4)42-23-15-10-16-24-42)51-39(7)40(8)52-50-47(37(5)43-25-17-11-18-26-43)31-34(2)32-48(50)38(6)44-27-19-12-20-28-44/h9-32,35-38H,1-8H3. The average molecular weight is 681 g/mol. The molecule has 0 spiro atoms. The van der Waals surface area contributed by atoms with Crippen molar-refractivity contribution in [3.63, 3.8) is 0 Å². The molecule has 0 fully saturated rings. The van der Waals surface area contributed by atoms with Crippen molar-refractivity contribution in [2.45, 2.75) is 79.1 Å². The van der Waals surface area contributed by atoms with Crippen molar-refractivity contribution >= 4 is 22.8 Å². The van der Waals surface area contributed by atoms with E-state index in [1.165, 1.54) is 55.6 Å². The van der Waals surface area contributed by atoms with E-state index in [0.717, 1.165) is 22.8 Å². The van der Waals surface area contributed by atoms with Gasteiger partial charge in [-0.3, -0.25) is 9.98 Å². The van der Waals surface area contributed by atoms with Crippen LogP contribution in [0.1, 0.15) is 121 Å². The Bertz CT molecular complexity index is 1870. The highest BCUT2D eigenvalue weighted by Gasteiger charge is 2.23. The Labute approximate surface area is 312 Å². The van der Waals surface area contributed by atoms with Crippen LogP contribution < -0.4 is 0 Å². The summed E-state index contributed by atoms with van der Waals surface area (Å²) in [4.78, 5) is 11.1. The average Bonchev–Trinajstić information content (AvgIpc) is 3.18. The van der Waals surface area contributed by atoms with Crippen molar-refractivity contribution in [2.75, 3.05) is 0 Å². The molecule has 4 atom stereocenters. The number of benzene rings is 6. The summed E-state index contributed by atoms with van der Waals surface area (Å²) >= 11 is 0. The highest BCUT2D eigenvalue weighted by atomic mass is 14.8. The van der Waals surface area contributed by atoms with E-state index in [-0.39, 0.29) is 23.7 Å². The van der Waals surface area contributed by atoms with E-state index in [2.05, 4.69) is 201 Å². The lowest BCUT2D eigenvalue weighted by Crippen LogP contribution is -2.10. The summed E-state index contributed by atoms with van der Waals surface area (Å²) in [5.74, 6) is 0.668. The third-order valence-electron chi connectivity index (χ3n) is 10.8. The Hall–Kier alpha value is -5.34. The lowest BCUT2D eigenvalue weighted by atomic mass is 9.84. The largest absolute Gasteiger partial charge is 0.251 e. The summed E-state index contributed by atoms with van der Waals surface area (Å²) in [7, 11) is 0. The molecule has 2 heteroatoms. The van der Waals surface area contributed by atoms with Crippen LogP contribution in [0.15, 0.2) is 156 Å². The van der Waals surface area contributed by atoms with Gasteiger partial charge in [0.25, 0.3) is 0 Å². The fourth-order valence-electron chi connectivity index (χ4n) is 7.43. The highest BCUT2D eigenvalue weighted by molar-refractivity contribution is 6.41. The fraction of sp³-hybridized carbons (Fsp3) is 0.240. The molecule has 262 valence electrons. The third-order valence-corrected chi connectivity index (χ3v) is 10.8. The van der Waals surface area contributed by atoms with Gasteiger partial charge in [0, 0.05) is 23.7 Å². The maximum Gasteiger partial charge on any atom is 0.0709 e. The first-order chi connectivity index (χ1) is 25.1. The van der Waals surface area contributed by atoms with Gasteiger partial charge >= 0.3 is 0 Å². The van der Waals surface area contributed by atoms with Crippen LogP contribution in [0.4, 0.5) is 11.4 Å². The highest BCUT2D eigenvalue weighted by Crippen LogP contribution is 2.43. The van der Waals surface area contributed by atoms with Crippen LogP contribution in [0.25, 0.3) is 0 Å². The maximum absolute atomic E-state index is 5.56. The van der Waals surface area contributed by atoms with E-state index in [9.17, 15) is 0 Å². The van der Waals surface area contributed by atoms with Gasteiger partial charge in [-0.05, 0) is 72.2 Å². The first kappa shape index (κ1) is 36.5. The Morgan fingerprint density at radius 2 is 0.577 bits per heavy atom. The fourth-order valence-corrected chi connectivity index (χ4v) is 7.43. The van der Waals surface area contributed by atoms with Crippen LogP contribution in [-0.2, 0) is 0 Å². The number of hydrogen-bond acceptors (Lipinski definition) is 2. The molecule has 0 aliphatic heterocycles. The molecule has 0 N–H and O–H groups in total. The summed E-state index contributed by atoms with van der Waals surface area (Å²) in [6.07, 6.45) is 0. The third kappa shape index (κ3) is 8.08. The Morgan fingerprint density at radius 1 is 0.365 bits per heavy atom. The molecular weight excluding hydrogens is 629 g/mol. The smallest absolute Gasteiger partial charge is 0.0709 e. The molecule has 0 heterocycles. The summed E-state index contributed by atoms with van der Waals surface area (Å²) < 4.78 is 0. The molecule has 6 rings (SSSR count). The number of aryl methyl sites for hydroxylation is 2. The lowest BCUT2D eigenvalue weighted by Gasteiger charge is -2.24. The SMILES string of the molecule is CC(=Nc1c(C(C)c2ccccc2)cc(C)cc1C(C)c1ccccc1)C(C)=Nc1c(C(C)c2ccccc2)cc(C)cc1C(C)c1ccccc1. The predicted octanol–water partition coefficient (Wildman–Crippen LogP) is 13.8. The van der Waals surface area contributed by atoms with Gasteiger partial charge in [0.1, 0.15) is 0 Å². The second-order valence-corrected chi connectivity index (χ2v) is 14.5. The van der Waals surface area contributed by atoms with Crippen molar-refractivity contribution in [1.82, 2.24) is 0 Å². The minimum Gasteiger partial charge on any atom is -0.251 e. The molecule has 0 bridgehead atoms. The van der Waals surface area contributed by atoms with Gasteiger partial charge in [0.15, 0.2) is 0 Å². The zero-order valence-corrected chi connectivity index (χ0v) is 32.1. The monoisotopic (exact) mass is 680 g/mol. The number of rotatable bonds is 11. The molecule has 0 radical (unpaired) electrons. The maximum atomic E-state index is 5.56. The normalized spacial score (nSPS) is 14.5. The Balaban J connectivity index is 1.54. The van der Waals surface area contributed by atoms with Crippen molar-refractivity contribution in [2.24, 2.45) is 9.98 Å². The van der Waals surface area contributed by atoms with Crippen LogP contribution in [0.3, 0.4) is 0 Å². The van der Waals surface area contributed by atoms with Crippen LogP contribution in [-0.4, -0.2) is 11.4 Å². The number of nitrogens with zero attached hydrogens (tertiary/aromatic N) is 2. The van der Waals surface area contributed by atoms with Gasteiger partial charge in [-0.2, -0.15) is 0 Å². The molecule has 4 unspecified atom stereocenters. The van der Waals surface area contributed by atoms with Crippen molar-refractivity contribution < 1.29 is 0 Å². The molecule has 2 nitrogen and oxygen atoms in total. The molecular formula is C50H52N2. The Kier molecular flexibility index (Phi) is 11.5. The van der Waals surface area contributed by atoms with Crippen LogP contribution in [0.2, 0.25) is 0 Å². The molecule has 52 heavy (non-hydrogen) atoms. The summed E-state index contributed by atoms with van der Waals surface area (Å²) in [5.41, 5.74) is 16.5. The molecule has 6 aromatic carbocycles. The van der Waals surface area contributed by atoms with Crippen molar-refractivity contribution in [3.8, 4) is 0 Å². The van der Waals surface area contributed by atoms with Crippen LogP contribution in [0, 0.1) is 13.8 Å². The molecule has 0 aliphatic carbocycles. The van der Waals surface area contributed by atoms with E-state index >= 15 is 0 Å². The molecule has 0 amide bonds. The number of aliphatic imine (C=N–C) groups is 2. The molecule has 0 saturated heterocycles. The van der Waals surface area contributed by atoms with Gasteiger partial charge in [-0.1, -0.05) is 184 Å². The van der Waals surface area contributed by atoms with E-state index in [1.807, 2.05) is 0 Å². The van der Waals surface area contributed by atoms with Crippen molar-refractivity contribution in [1.29, 1.82) is 0 Å². The predicted molar refractivity (Wildman–Crippen MR) is 224 cm³/mol. The molecule has 0 saturated carbocycles. The van der Waals surface area contributed by atoms with E-state index in [0.29, 0.717) is 0 Å². The zero-order valence-electron chi connectivity index (χ0n) is 32.1. The quantitative estimate of drug-likeness (QED) is 0.122. The van der Waals surface area contributed by atoms with Gasteiger partial charge in [-0.15, -0.1) is 0 Å². The Morgan fingerprint density at radius 3 is 0.788 bits per heavy atom. The molecule has 6 aromatic rings.